The zero-order chi connectivity index (χ0) is 59.9. The van der Waals surface area contributed by atoms with E-state index in [9.17, 15) is 0 Å². The Morgan fingerprint density at radius 1 is 0.239 bits per heavy atom. The maximum Gasteiger partial charge on any atom is 0.235 e. The van der Waals surface area contributed by atoms with Gasteiger partial charge in [0.15, 0.2) is 11.6 Å². The molecule has 1 aliphatic heterocycles. The second-order valence-electron chi connectivity index (χ2n) is 24.4. The summed E-state index contributed by atoms with van der Waals surface area (Å²) >= 11 is 0. The van der Waals surface area contributed by atoms with Crippen LogP contribution >= 0.6 is 0 Å². The van der Waals surface area contributed by atoms with Crippen molar-refractivity contribution in [2.45, 2.75) is 52.4 Å². The van der Waals surface area contributed by atoms with E-state index in [1.165, 1.54) is 11.1 Å². The number of fused-ring (bicyclic) bond motifs is 2. The maximum atomic E-state index is 5.80. The Balaban J connectivity index is 1.12. The molecule has 0 aliphatic carbocycles. The monoisotopic (exact) mass is 1140 g/mol. The first-order valence-electron chi connectivity index (χ1n) is 30.0. The SMILES string of the molecule is CC(C)(C)c1cc(-c2c(-c3cc(-c4ccccc4)nc(-c4ccccc4)n3)ccc(N3c4ccccc4N(c4nc(-c5ccccc5)cc(-c5ccccc5)n4)c4ccccc43)c2-c2cc(-c3ccccc3)nc(-c3ccccc3)n2)cc(C(C)(C)C)c1. The molecule has 0 N–H and O–H groups in total. The van der Waals surface area contributed by atoms with Crippen molar-refractivity contribution < 1.29 is 0 Å². The topological polar surface area (TPSA) is 83.8 Å². The highest BCUT2D eigenvalue weighted by atomic mass is 15.3. The molecule has 8 nitrogen and oxygen atoms in total. The third-order valence-electron chi connectivity index (χ3n) is 16.3. The molecule has 14 rings (SSSR count). The second-order valence-corrected chi connectivity index (χ2v) is 24.4. The van der Waals surface area contributed by atoms with Crippen LogP contribution in [-0.2, 0) is 10.8 Å². The third kappa shape index (κ3) is 10.7. The van der Waals surface area contributed by atoms with E-state index in [1.54, 1.807) is 0 Å². The predicted octanol–water partition coefficient (Wildman–Crippen LogP) is 20.9. The Labute approximate surface area is 515 Å². The summed E-state index contributed by atoms with van der Waals surface area (Å²) in [7, 11) is 0. The van der Waals surface area contributed by atoms with Gasteiger partial charge in [0.1, 0.15) is 0 Å². The smallest absolute Gasteiger partial charge is 0.235 e. The van der Waals surface area contributed by atoms with Crippen LogP contribution in [0.2, 0.25) is 0 Å². The quantitative estimate of drug-likeness (QED) is 0.127. The molecule has 424 valence electrons. The van der Waals surface area contributed by atoms with Crippen molar-refractivity contribution in [1.82, 2.24) is 29.9 Å². The van der Waals surface area contributed by atoms with Gasteiger partial charge in [-0.1, -0.05) is 272 Å². The lowest BCUT2D eigenvalue weighted by Crippen LogP contribution is -2.26. The minimum atomic E-state index is -0.228. The van der Waals surface area contributed by atoms with Gasteiger partial charge >= 0.3 is 0 Å². The highest BCUT2D eigenvalue weighted by Crippen LogP contribution is 2.58. The molecule has 0 radical (unpaired) electrons. The van der Waals surface area contributed by atoms with E-state index in [-0.39, 0.29) is 10.8 Å². The van der Waals surface area contributed by atoms with Crippen LogP contribution < -0.4 is 9.80 Å². The number of hydrogen-bond acceptors (Lipinski definition) is 8. The van der Waals surface area contributed by atoms with Crippen LogP contribution in [0.1, 0.15) is 52.7 Å². The third-order valence-corrected chi connectivity index (χ3v) is 16.3. The molecular formula is C80H64N8. The minimum Gasteiger partial charge on any atom is -0.306 e. The summed E-state index contributed by atoms with van der Waals surface area (Å²) in [4.78, 5) is 37.8. The summed E-state index contributed by atoms with van der Waals surface area (Å²) < 4.78 is 0. The van der Waals surface area contributed by atoms with Crippen LogP contribution in [0.3, 0.4) is 0 Å². The molecule has 10 aromatic carbocycles. The summed E-state index contributed by atoms with van der Waals surface area (Å²) in [6.07, 6.45) is 0. The zero-order valence-corrected chi connectivity index (χ0v) is 50.1. The van der Waals surface area contributed by atoms with E-state index in [0.717, 1.165) is 118 Å². The molecule has 0 saturated heterocycles. The van der Waals surface area contributed by atoms with Gasteiger partial charge in [0, 0.05) is 50.1 Å². The summed E-state index contributed by atoms with van der Waals surface area (Å²) in [5.41, 5.74) is 20.9. The largest absolute Gasteiger partial charge is 0.306 e. The standard InChI is InChI=1S/C80H64N8/c1-79(2,3)60-47-59(48-61(49-60)80(4,5)6)74-62(67-51-63(53-29-13-7-14-30-53)81-76(83-67)57-37-21-11-22-38-57)45-46-73(75(74)68-52-64(54-31-15-8-16-32-54)82-77(84-68)58-39-23-12-24-40-58)87-69-41-25-27-43-71(69)88(72-44-28-26-42-70(72)87)78-85-65(55-33-17-9-18-34-55)50-66(86-78)56-35-19-10-20-36-56/h7-52H,1-6H3. The first-order chi connectivity index (χ1) is 42.9. The maximum absolute atomic E-state index is 5.80. The number of hydrogen-bond donors (Lipinski definition) is 0. The van der Waals surface area contributed by atoms with Crippen LogP contribution in [0.5, 0.6) is 0 Å². The lowest BCUT2D eigenvalue weighted by Gasteiger charge is -2.40. The summed E-state index contributed by atoms with van der Waals surface area (Å²) in [6.45, 7) is 13.8. The molecule has 0 bridgehead atoms. The number of nitrogens with zero attached hydrogens (tertiary/aromatic N) is 8. The second kappa shape index (κ2) is 22.8. The molecule has 0 amide bonds. The number of benzene rings is 10. The van der Waals surface area contributed by atoms with E-state index in [4.69, 9.17) is 29.9 Å². The first kappa shape index (κ1) is 54.9. The first-order valence-corrected chi connectivity index (χ1v) is 30.0. The minimum absolute atomic E-state index is 0.228. The van der Waals surface area contributed by atoms with Crippen LogP contribution in [0.15, 0.2) is 279 Å². The highest BCUT2D eigenvalue weighted by Gasteiger charge is 2.36. The van der Waals surface area contributed by atoms with Crippen LogP contribution in [0.25, 0.3) is 101 Å². The van der Waals surface area contributed by atoms with Gasteiger partial charge in [-0.3, -0.25) is 4.90 Å². The number of anilines is 6. The van der Waals surface area contributed by atoms with E-state index in [0.29, 0.717) is 17.6 Å². The number of aromatic nitrogens is 6. The molecule has 0 spiro atoms. The van der Waals surface area contributed by atoms with Crippen molar-refractivity contribution in [3.63, 3.8) is 0 Å². The highest BCUT2D eigenvalue weighted by molar-refractivity contribution is 6.08. The predicted molar refractivity (Wildman–Crippen MR) is 362 cm³/mol. The lowest BCUT2D eigenvalue weighted by molar-refractivity contribution is 0.569. The fraction of sp³-hybridized carbons (Fsp3) is 0.100. The summed E-state index contributed by atoms with van der Waals surface area (Å²) in [6, 6.07) is 97.6. The van der Waals surface area contributed by atoms with Crippen molar-refractivity contribution in [2.75, 3.05) is 9.80 Å². The Kier molecular flexibility index (Phi) is 14.2. The van der Waals surface area contributed by atoms with Gasteiger partial charge in [-0.15, -0.1) is 0 Å². The van der Waals surface area contributed by atoms with E-state index in [1.807, 2.05) is 48.5 Å². The van der Waals surface area contributed by atoms with E-state index < -0.39 is 0 Å². The van der Waals surface area contributed by atoms with Gasteiger partial charge in [-0.2, -0.15) is 0 Å². The van der Waals surface area contributed by atoms with Crippen LogP contribution in [0.4, 0.5) is 34.4 Å². The van der Waals surface area contributed by atoms with Gasteiger partial charge in [0.2, 0.25) is 5.95 Å². The van der Waals surface area contributed by atoms with Crippen molar-refractivity contribution >= 4 is 34.4 Å². The van der Waals surface area contributed by atoms with Gasteiger partial charge in [-0.05, 0) is 76.1 Å². The molecule has 4 heterocycles. The van der Waals surface area contributed by atoms with Crippen LogP contribution in [-0.4, -0.2) is 29.9 Å². The summed E-state index contributed by atoms with van der Waals surface area (Å²) in [5.74, 6) is 1.78. The van der Waals surface area contributed by atoms with Gasteiger partial charge < -0.3 is 4.90 Å². The molecule has 1 aliphatic rings. The van der Waals surface area contributed by atoms with Crippen molar-refractivity contribution in [3.05, 3.63) is 290 Å². The van der Waals surface area contributed by atoms with E-state index >= 15 is 0 Å². The molecule has 8 heteroatoms. The Morgan fingerprint density at radius 2 is 0.557 bits per heavy atom. The molecule has 88 heavy (non-hydrogen) atoms. The average molecular weight is 1140 g/mol. The fourth-order valence-corrected chi connectivity index (χ4v) is 11.8. The molecule has 0 fully saturated rings. The molecule has 0 atom stereocenters. The van der Waals surface area contributed by atoms with Crippen molar-refractivity contribution in [3.8, 4) is 101 Å². The average Bonchev–Trinajstić information content (AvgIpc) is 0.805. The van der Waals surface area contributed by atoms with Gasteiger partial charge in [0.05, 0.1) is 62.6 Å². The number of para-hydroxylation sites is 4. The summed E-state index contributed by atoms with van der Waals surface area (Å²) in [5, 5.41) is 0. The van der Waals surface area contributed by atoms with Crippen molar-refractivity contribution in [2.24, 2.45) is 0 Å². The van der Waals surface area contributed by atoms with Gasteiger partial charge in [0.25, 0.3) is 0 Å². The van der Waals surface area contributed by atoms with Crippen LogP contribution in [0, 0.1) is 0 Å². The number of rotatable bonds is 11. The molecule has 0 unspecified atom stereocenters. The lowest BCUT2D eigenvalue weighted by atomic mass is 9.77. The Hall–Kier alpha value is -11.0. The molecule has 0 saturated carbocycles. The zero-order valence-electron chi connectivity index (χ0n) is 50.1. The fourth-order valence-electron chi connectivity index (χ4n) is 11.8. The van der Waals surface area contributed by atoms with Crippen molar-refractivity contribution in [1.29, 1.82) is 0 Å². The Bertz CT molecular complexity index is 4420. The molecular weight excluding hydrogens is 1070 g/mol. The molecule has 3 aromatic heterocycles. The Morgan fingerprint density at radius 3 is 0.955 bits per heavy atom. The normalized spacial score (nSPS) is 12.2. The van der Waals surface area contributed by atoms with Gasteiger partial charge in [-0.25, -0.2) is 29.9 Å². The molecule has 13 aromatic rings. The van der Waals surface area contributed by atoms with E-state index in [2.05, 4.69) is 282 Å².